The van der Waals surface area contributed by atoms with Crippen LogP contribution in [0.5, 0.6) is 0 Å². The van der Waals surface area contributed by atoms with Crippen molar-refractivity contribution in [3.05, 3.63) is 22.2 Å². The normalized spacial score (nSPS) is 12.2. The molecule has 1 aromatic rings. The van der Waals surface area contributed by atoms with E-state index in [9.17, 15) is 18.5 Å². The van der Waals surface area contributed by atoms with Gasteiger partial charge < -0.3 is 11.1 Å². The molecule has 112 valence electrons. The number of anilines is 2. The standard InChI is InChI=1S/C10H17N5O4S/c1-10(2,14-20(3,18)19)6-12-9-5-7(15(16)17)4-8(11)13-9/h4-5,14H,6H2,1-3H3,(H3,11,12,13). The Hall–Kier alpha value is -1.94. The molecule has 0 aliphatic carbocycles. The van der Waals surface area contributed by atoms with Crippen LogP contribution < -0.4 is 15.8 Å². The van der Waals surface area contributed by atoms with E-state index in [0.29, 0.717) is 0 Å². The van der Waals surface area contributed by atoms with Gasteiger partial charge in [0.1, 0.15) is 11.6 Å². The second kappa shape index (κ2) is 5.59. The molecule has 0 saturated heterocycles. The molecule has 0 aliphatic heterocycles. The second-order valence-corrected chi connectivity index (χ2v) is 6.75. The number of rotatable bonds is 6. The van der Waals surface area contributed by atoms with Crippen LogP contribution in [-0.2, 0) is 10.0 Å². The number of aromatic nitrogens is 1. The smallest absolute Gasteiger partial charge is 0.276 e. The molecule has 10 heteroatoms. The number of sulfonamides is 1. The Labute approximate surface area is 116 Å². The lowest BCUT2D eigenvalue weighted by Crippen LogP contribution is -2.47. The number of hydrogen-bond acceptors (Lipinski definition) is 7. The van der Waals surface area contributed by atoms with Gasteiger partial charge in [-0.05, 0) is 13.8 Å². The lowest BCUT2D eigenvalue weighted by Gasteiger charge is -2.25. The average molecular weight is 303 g/mol. The van der Waals surface area contributed by atoms with Gasteiger partial charge in [-0.15, -0.1) is 0 Å². The van der Waals surface area contributed by atoms with E-state index in [1.54, 1.807) is 13.8 Å². The van der Waals surface area contributed by atoms with E-state index in [1.165, 1.54) is 6.07 Å². The summed E-state index contributed by atoms with van der Waals surface area (Å²) in [5, 5.41) is 13.5. The number of nitro groups is 1. The molecule has 1 rings (SSSR count). The van der Waals surface area contributed by atoms with Crippen LogP contribution >= 0.6 is 0 Å². The summed E-state index contributed by atoms with van der Waals surface area (Å²) in [6.45, 7) is 3.52. The van der Waals surface area contributed by atoms with Crippen LogP contribution in [0.2, 0.25) is 0 Å². The first-order valence-corrected chi connectivity index (χ1v) is 7.52. The average Bonchev–Trinajstić information content (AvgIpc) is 2.22. The molecule has 1 aromatic heterocycles. The number of pyridine rings is 1. The molecule has 0 amide bonds. The van der Waals surface area contributed by atoms with Crippen LogP contribution in [0, 0.1) is 10.1 Å². The molecule has 0 fully saturated rings. The summed E-state index contributed by atoms with van der Waals surface area (Å²) in [7, 11) is -3.36. The van der Waals surface area contributed by atoms with Crippen molar-refractivity contribution in [2.24, 2.45) is 0 Å². The van der Waals surface area contributed by atoms with E-state index in [2.05, 4.69) is 15.0 Å². The van der Waals surface area contributed by atoms with Gasteiger partial charge in [0.25, 0.3) is 5.69 Å². The quantitative estimate of drug-likeness (QED) is 0.507. The first-order chi connectivity index (χ1) is 8.98. The fourth-order valence-electron chi connectivity index (χ4n) is 1.58. The number of hydrogen-bond donors (Lipinski definition) is 3. The topological polar surface area (TPSA) is 140 Å². The SMILES string of the molecule is CC(C)(CNc1cc([N+](=O)[O-])cc(N)n1)NS(C)(=O)=O. The lowest BCUT2D eigenvalue weighted by molar-refractivity contribution is -0.384. The van der Waals surface area contributed by atoms with Gasteiger partial charge in [0.05, 0.1) is 23.3 Å². The molecule has 0 atom stereocenters. The first kappa shape index (κ1) is 16.1. The third-order valence-corrected chi connectivity index (χ3v) is 3.14. The molecule has 1 heterocycles. The van der Waals surface area contributed by atoms with E-state index < -0.39 is 20.5 Å². The first-order valence-electron chi connectivity index (χ1n) is 5.63. The maximum absolute atomic E-state index is 11.2. The highest BCUT2D eigenvalue weighted by molar-refractivity contribution is 7.88. The van der Waals surface area contributed by atoms with Gasteiger partial charge in [0, 0.05) is 12.1 Å². The molecule has 0 radical (unpaired) electrons. The third kappa shape index (κ3) is 5.36. The van der Waals surface area contributed by atoms with Crippen LogP contribution in [0.4, 0.5) is 17.3 Å². The Morgan fingerprint density at radius 2 is 2.05 bits per heavy atom. The Kier molecular flexibility index (Phi) is 4.50. The van der Waals surface area contributed by atoms with E-state index in [4.69, 9.17) is 5.73 Å². The Morgan fingerprint density at radius 3 is 2.55 bits per heavy atom. The van der Waals surface area contributed by atoms with Gasteiger partial charge in [0.2, 0.25) is 10.0 Å². The van der Waals surface area contributed by atoms with Gasteiger partial charge in [0.15, 0.2) is 0 Å². The third-order valence-electron chi connectivity index (χ3n) is 2.21. The monoisotopic (exact) mass is 303 g/mol. The van der Waals surface area contributed by atoms with Gasteiger partial charge in [-0.3, -0.25) is 10.1 Å². The molecule has 9 nitrogen and oxygen atoms in total. The van der Waals surface area contributed by atoms with Crippen molar-refractivity contribution in [3.8, 4) is 0 Å². The highest BCUT2D eigenvalue weighted by Gasteiger charge is 2.22. The summed E-state index contributed by atoms with van der Waals surface area (Å²) >= 11 is 0. The van der Waals surface area contributed by atoms with E-state index >= 15 is 0 Å². The molecule has 0 spiro atoms. The summed E-state index contributed by atoms with van der Waals surface area (Å²) in [4.78, 5) is 14.0. The minimum absolute atomic E-state index is 0.00979. The Balaban J connectivity index is 2.82. The van der Waals surface area contributed by atoms with Crippen molar-refractivity contribution in [2.75, 3.05) is 23.9 Å². The van der Waals surface area contributed by atoms with E-state index in [0.717, 1.165) is 12.3 Å². The summed E-state index contributed by atoms with van der Waals surface area (Å²) in [6.07, 6.45) is 1.05. The zero-order valence-corrected chi connectivity index (χ0v) is 12.2. The molecule has 0 unspecified atom stereocenters. The summed E-state index contributed by atoms with van der Waals surface area (Å²) in [5.41, 5.74) is 4.50. The Bertz CT molecular complexity index is 614. The number of nitrogens with one attached hydrogen (secondary N) is 2. The fourth-order valence-corrected chi connectivity index (χ4v) is 2.66. The molecule has 0 aliphatic rings. The second-order valence-electron chi connectivity index (χ2n) is 5.00. The number of nitrogen functional groups attached to an aromatic ring is 1. The summed E-state index contributed by atoms with van der Waals surface area (Å²) < 4.78 is 24.8. The van der Waals surface area contributed by atoms with Crippen molar-refractivity contribution < 1.29 is 13.3 Å². The zero-order valence-electron chi connectivity index (χ0n) is 11.4. The van der Waals surface area contributed by atoms with Gasteiger partial charge in [-0.1, -0.05) is 0 Å². The molecule has 4 N–H and O–H groups in total. The van der Waals surface area contributed by atoms with Gasteiger partial charge >= 0.3 is 0 Å². The molecular weight excluding hydrogens is 286 g/mol. The highest BCUT2D eigenvalue weighted by atomic mass is 32.2. The zero-order chi connectivity index (χ0) is 15.6. The molecule has 0 saturated carbocycles. The van der Waals surface area contributed by atoms with Crippen molar-refractivity contribution in [3.63, 3.8) is 0 Å². The lowest BCUT2D eigenvalue weighted by atomic mass is 10.1. The largest absolute Gasteiger partial charge is 0.383 e. The summed E-state index contributed by atoms with van der Waals surface area (Å²) in [6, 6.07) is 2.37. The predicted molar refractivity (Wildman–Crippen MR) is 75.9 cm³/mol. The molecule has 20 heavy (non-hydrogen) atoms. The van der Waals surface area contributed by atoms with Gasteiger partial charge in [-0.2, -0.15) is 0 Å². The van der Waals surface area contributed by atoms with Crippen molar-refractivity contribution in [1.82, 2.24) is 9.71 Å². The van der Waals surface area contributed by atoms with Crippen LogP contribution in [0.25, 0.3) is 0 Å². The molecule has 0 bridgehead atoms. The van der Waals surface area contributed by atoms with Crippen molar-refractivity contribution in [2.45, 2.75) is 19.4 Å². The van der Waals surface area contributed by atoms with Crippen LogP contribution in [-0.4, -0.2) is 36.7 Å². The van der Waals surface area contributed by atoms with Crippen LogP contribution in [0.15, 0.2) is 12.1 Å². The molecule has 0 aromatic carbocycles. The Morgan fingerprint density at radius 1 is 1.45 bits per heavy atom. The minimum atomic E-state index is -3.36. The summed E-state index contributed by atoms with van der Waals surface area (Å²) in [5.74, 6) is 0.218. The van der Waals surface area contributed by atoms with Crippen LogP contribution in [0.1, 0.15) is 13.8 Å². The minimum Gasteiger partial charge on any atom is -0.383 e. The highest BCUT2D eigenvalue weighted by Crippen LogP contribution is 2.19. The van der Waals surface area contributed by atoms with Gasteiger partial charge in [-0.25, -0.2) is 18.1 Å². The number of nitrogens with zero attached hydrogens (tertiary/aromatic N) is 2. The maximum Gasteiger partial charge on any atom is 0.276 e. The maximum atomic E-state index is 11.2. The molecular formula is C10H17N5O4S. The van der Waals surface area contributed by atoms with E-state index in [-0.39, 0.29) is 23.9 Å². The van der Waals surface area contributed by atoms with Crippen molar-refractivity contribution >= 4 is 27.3 Å². The van der Waals surface area contributed by atoms with Crippen molar-refractivity contribution in [1.29, 1.82) is 0 Å². The fraction of sp³-hybridized carbons (Fsp3) is 0.500. The number of nitrogens with two attached hydrogens (primary N) is 1. The predicted octanol–water partition coefficient (Wildman–Crippen LogP) is 0.312. The van der Waals surface area contributed by atoms with Crippen LogP contribution in [0.3, 0.4) is 0 Å². The van der Waals surface area contributed by atoms with E-state index in [1.807, 2.05) is 0 Å².